The Balaban J connectivity index is 1.64. The molecule has 0 bridgehead atoms. The summed E-state index contributed by atoms with van der Waals surface area (Å²) in [6.07, 6.45) is 1.93. The van der Waals surface area contributed by atoms with Crippen molar-refractivity contribution in [2.24, 2.45) is 0 Å². The summed E-state index contributed by atoms with van der Waals surface area (Å²) in [4.78, 5) is 28.6. The number of fused-ring (bicyclic) bond motifs is 3. The van der Waals surface area contributed by atoms with Gasteiger partial charge in [0.15, 0.2) is 0 Å². The number of hydrogen-bond acceptors (Lipinski definition) is 4. The van der Waals surface area contributed by atoms with Gasteiger partial charge >= 0.3 is 0 Å². The number of carbonyl (C=O) groups is 2. The van der Waals surface area contributed by atoms with Crippen LogP contribution in [0.15, 0.2) is 48.5 Å². The van der Waals surface area contributed by atoms with Crippen LogP contribution in [0.2, 0.25) is 0 Å². The number of benzene rings is 2. The molecule has 1 aromatic heterocycles. The van der Waals surface area contributed by atoms with Crippen LogP contribution in [0.5, 0.6) is 5.75 Å². The first kappa shape index (κ1) is 19.2. The monoisotopic (exact) mass is 406 g/mol. The van der Waals surface area contributed by atoms with Crippen LogP contribution in [0, 0.1) is 0 Å². The summed E-state index contributed by atoms with van der Waals surface area (Å²) in [7, 11) is 4.93. The molecule has 1 N–H and O–H groups in total. The molecular formula is C23H22N2O3S. The van der Waals surface area contributed by atoms with E-state index in [0.29, 0.717) is 21.9 Å². The Morgan fingerprint density at radius 3 is 2.55 bits per heavy atom. The highest BCUT2D eigenvalue weighted by atomic mass is 32.1. The maximum absolute atomic E-state index is 13.0. The van der Waals surface area contributed by atoms with Crippen LogP contribution in [0.4, 0.5) is 5.69 Å². The van der Waals surface area contributed by atoms with Crippen molar-refractivity contribution in [3.05, 3.63) is 70.1 Å². The van der Waals surface area contributed by atoms with Gasteiger partial charge < -0.3 is 15.0 Å². The highest BCUT2D eigenvalue weighted by molar-refractivity contribution is 7.17. The van der Waals surface area contributed by atoms with Crippen LogP contribution in [0.25, 0.3) is 10.4 Å². The van der Waals surface area contributed by atoms with E-state index in [1.54, 1.807) is 39.4 Å². The first-order valence-corrected chi connectivity index (χ1v) is 10.2. The first-order chi connectivity index (χ1) is 14.0. The van der Waals surface area contributed by atoms with Gasteiger partial charge in [-0.15, -0.1) is 11.3 Å². The van der Waals surface area contributed by atoms with E-state index in [4.69, 9.17) is 4.74 Å². The third kappa shape index (κ3) is 3.63. The Morgan fingerprint density at radius 2 is 1.79 bits per heavy atom. The predicted molar refractivity (Wildman–Crippen MR) is 116 cm³/mol. The number of rotatable bonds is 4. The molecule has 1 heterocycles. The van der Waals surface area contributed by atoms with Gasteiger partial charge in [0.05, 0.1) is 17.7 Å². The van der Waals surface area contributed by atoms with Crippen LogP contribution in [0.1, 0.15) is 31.2 Å². The summed E-state index contributed by atoms with van der Waals surface area (Å²) in [5.41, 5.74) is 4.73. The average molecular weight is 407 g/mol. The van der Waals surface area contributed by atoms with Gasteiger partial charge in [-0.2, -0.15) is 0 Å². The van der Waals surface area contributed by atoms with Crippen molar-refractivity contribution in [3.63, 3.8) is 0 Å². The molecule has 4 rings (SSSR count). The van der Waals surface area contributed by atoms with Gasteiger partial charge in [-0.25, -0.2) is 0 Å². The van der Waals surface area contributed by atoms with Crippen LogP contribution in [-0.2, 0) is 12.8 Å². The molecule has 0 fully saturated rings. The Hall–Kier alpha value is -3.12. The maximum atomic E-state index is 13.0. The topological polar surface area (TPSA) is 58.6 Å². The fourth-order valence-electron chi connectivity index (χ4n) is 3.56. The number of amides is 2. The highest BCUT2D eigenvalue weighted by Crippen LogP contribution is 2.40. The van der Waals surface area contributed by atoms with Gasteiger partial charge in [0.2, 0.25) is 0 Å². The second-order valence-corrected chi connectivity index (χ2v) is 8.24. The van der Waals surface area contributed by atoms with Gasteiger partial charge in [-0.05, 0) is 53.8 Å². The summed E-state index contributed by atoms with van der Waals surface area (Å²) in [6.45, 7) is 0. The second-order valence-electron chi connectivity index (χ2n) is 7.19. The number of nitrogens with one attached hydrogen (secondary N) is 1. The van der Waals surface area contributed by atoms with Crippen LogP contribution >= 0.6 is 11.3 Å². The van der Waals surface area contributed by atoms with Gasteiger partial charge in [0, 0.05) is 24.5 Å². The number of thiophene rings is 1. The lowest BCUT2D eigenvalue weighted by Gasteiger charge is -2.15. The second kappa shape index (κ2) is 7.72. The molecule has 3 aromatic rings. The minimum Gasteiger partial charge on any atom is -0.495 e. The largest absolute Gasteiger partial charge is 0.495 e. The molecule has 0 aliphatic heterocycles. The Kier molecular flexibility index (Phi) is 5.11. The summed E-state index contributed by atoms with van der Waals surface area (Å²) >= 11 is 1.51. The predicted octanol–water partition coefficient (Wildman–Crippen LogP) is 4.48. The lowest BCUT2D eigenvalue weighted by molar-refractivity contribution is 0.0827. The van der Waals surface area contributed by atoms with Crippen LogP contribution in [-0.4, -0.2) is 37.9 Å². The standard InChI is InChI=1S/C23H22N2O3S/c1-25(2)23(27)16-10-11-19(28-3)18(12-16)24-22(26)20-13-15-9-8-14-6-4-5-7-17(14)21(15)29-20/h4-7,10-13H,8-9H2,1-3H3,(H,24,26). The van der Waals surface area contributed by atoms with Gasteiger partial charge in [0.1, 0.15) is 5.75 Å². The summed E-state index contributed by atoms with van der Waals surface area (Å²) < 4.78 is 5.37. The van der Waals surface area contributed by atoms with Crippen molar-refractivity contribution >= 4 is 28.8 Å². The minimum absolute atomic E-state index is 0.133. The van der Waals surface area contributed by atoms with Gasteiger partial charge in [-0.1, -0.05) is 24.3 Å². The molecule has 0 unspecified atom stereocenters. The lowest BCUT2D eigenvalue weighted by atomic mass is 9.91. The molecule has 2 amide bonds. The zero-order valence-corrected chi connectivity index (χ0v) is 17.4. The van der Waals surface area contributed by atoms with Crippen LogP contribution < -0.4 is 10.1 Å². The van der Waals surface area contributed by atoms with E-state index in [-0.39, 0.29) is 11.8 Å². The van der Waals surface area contributed by atoms with E-state index >= 15 is 0 Å². The molecule has 1 aliphatic rings. The molecule has 2 aromatic carbocycles. The quantitative estimate of drug-likeness (QED) is 0.695. The molecule has 148 valence electrons. The van der Waals surface area contributed by atoms with Crippen molar-refractivity contribution < 1.29 is 14.3 Å². The summed E-state index contributed by atoms with van der Waals surface area (Å²) in [5.74, 6) is 0.182. The number of anilines is 1. The number of hydrogen-bond donors (Lipinski definition) is 1. The van der Waals surface area contributed by atoms with E-state index in [1.165, 1.54) is 37.8 Å². The fraction of sp³-hybridized carbons (Fsp3) is 0.217. The Morgan fingerprint density at radius 1 is 1.03 bits per heavy atom. The Labute approximate surface area is 173 Å². The summed E-state index contributed by atoms with van der Waals surface area (Å²) in [5, 5.41) is 2.92. The van der Waals surface area contributed by atoms with E-state index in [2.05, 4.69) is 23.5 Å². The SMILES string of the molecule is COc1ccc(C(=O)N(C)C)cc1NC(=O)c1cc2c(s1)-c1ccccc1CC2. The van der Waals surface area contributed by atoms with E-state index in [1.807, 2.05) is 12.1 Å². The molecule has 0 atom stereocenters. The minimum atomic E-state index is -0.199. The molecular weight excluding hydrogens is 384 g/mol. The Bertz CT molecular complexity index is 1100. The van der Waals surface area contributed by atoms with Gasteiger partial charge in [-0.3, -0.25) is 9.59 Å². The normalized spacial score (nSPS) is 12.0. The van der Waals surface area contributed by atoms with Crippen molar-refractivity contribution in [3.8, 4) is 16.2 Å². The number of methoxy groups -OCH3 is 1. The molecule has 29 heavy (non-hydrogen) atoms. The number of aryl methyl sites for hydroxylation is 2. The summed E-state index contributed by atoms with van der Waals surface area (Å²) in [6, 6.07) is 15.4. The zero-order chi connectivity index (χ0) is 20.5. The molecule has 0 saturated carbocycles. The van der Waals surface area contributed by atoms with E-state index in [9.17, 15) is 9.59 Å². The van der Waals surface area contributed by atoms with E-state index in [0.717, 1.165) is 12.8 Å². The molecule has 0 saturated heterocycles. The third-order valence-electron chi connectivity index (χ3n) is 5.06. The van der Waals surface area contributed by atoms with Crippen molar-refractivity contribution in [1.82, 2.24) is 4.90 Å². The molecule has 5 nitrogen and oxygen atoms in total. The lowest BCUT2D eigenvalue weighted by Crippen LogP contribution is -2.22. The van der Waals surface area contributed by atoms with Gasteiger partial charge in [0.25, 0.3) is 11.8 Å². The maximum Gasteiger partial charge on any atom is 0.265 e. The molecule has 0 radical (unpaired) electrons. The molecule has 0 spiro atoms. The third-order valence-corrected chi connectivity index (χ3v) is 6.27. The zero-order valence-electron chi connectivity index (χ0n) is 16.6. The molecule has 1 aliphatic carbocycles. The average Bonchev–Trinajstić information content (AvgIpc) is 3.18. The number of ether oxygens (including phenoxy) is 1. The number of nitrogens with zero attached hydrogens (tertiary/aromatic N) is 1. The first-order valence-electron chi connectivity index (χ1n) is 9.40. The smallest absolute Gasteiger partial charge is 0.265 e. The highest BCUT2D eigenvalue weighted by Gasteiger charge is 2.22. The van der Waals surface area contributed by atoms with E-state index < -0.39 is 0 Å². The molecule has 6 heteroatoms. The van der Waals surface area contributed by atoms with Crippen molar-refractivity contribution in [2.45, 2.75) is 12.8 Å². The number of carbonyl (C=O) groups excluding carboxylic acids is 2. The fourth-order valence-corrected chi connectivity index (χ4v) is 4.73. The van der Waals surface area contributed by atoms with Crippen molar-refractivity contribution in [1.29, 1.82) is 0 Å². The van der Waals surface area contributed by atoms with Crippen LogP contribution in [0.3, 0.4) is 0 Å². The van der Waals surface area contributed by atoms with Crippen molar-refractivity contribution in [2.75, 3.05) is 26.5 Å².